The number of halogens is 2. The van der Waals surface area contributed by atoms with E-state index in [4.69, 9.17) is 5.73 Å². The minimum absolute atomic E-state index is 0.244. The van der Waals surface area contributed by atoms with Crippen molar-refractivity contribution in [1.82, 2.24) is 0 Å². The predicted molar refractivity (Wildman–Crippen MR) is 77.3 cm³/mol. The van der Waals surface area contributed by atoms with Crippen LogP contribution in [0, 0.1) is 12.7 Å². The standard InChI is InChI=1S/C14H13BrFNS/c1-9-4-2-3-5-11(9)18-12-7-6-10(8-17)13(15)14(12)16/h2-7H,8,17H2,1H3. The highest BCUT2D eigenvalue weighted by Gasteiger charge is 2.12. The zero-order chi connectivity index (χ0) is 13.1. The first-order valence-corrected chi connectivity index (χ1v) is 7.15. The maximum Gasteiger partial charge on any atom is 0.151 e. The monoisotopic (exact) mass is 325 g/mol. The lowest BCUT2D eigenvalue weighted by Crippen LogP contribution is -1.99. The second-order valence-electron chi connectivity index (χ2n) is 3.92. The summed E-state index contributed by atoms with van der Waals surface area (Å²) in [6.07, 6.45) is 0. The smallest absolute Gasteiger partial charge is 0.151 e. The Kier molecular flexibility index (Phi) is 4.43. The Morgan fingerprint density at radius 3 is 2.56 bits per heavy atom. The van der Waals surface area contributed by atoms with Crippen LogP contribution in [0.5, 0.6) is 0 Å². The average molecular weight is 326 g/mol. The minimum Gasteiger partial charge on any atom is -0.326 e. The molecule has 0 atom stereocenters. The molecule has 2 aromatic carbocycles. The molecule has 0 saturated heterocycles. The highest BCUT2D eigenvalue weighted by atomic mass is 79.9. The van der Waals surface area contributed by atoms with Crippen LogP contribution in [0.4, 0.5) is 4.39 Å². The molecule has 0 bridgehead atoms. The van der Waals surface area contributed by atoms with Gasteiger partial charge in [0.15, 0.2) is 5.82 Å². The van der Waals surface area contributed by atoms with Gasteiger partial charge in [0, 0.05) is 16.3 Å². The third kappa shape index (κ3) is 2.76. The van der Waals surface area contributed by atoms with E-state index < -0.39 is 0 Å². The number of hydrogen-bond acceptors (Lipinski definition) is 2. The average Bonchev–Trinajstić information content (AvgIpc) is 2.38. The molecule has 2 N–H and O–H groups in total. The summed E-state index contributed by atoms with van der Waals surface area (Å²) >= 11 is 4.68. The van der Waals surface area contributed by atoms with Crippen molar-refractivity contribution in [3.63, 3.8) is 0 Å². The van der Waals surface area contributed by atoms with Crippen LogP contribution >= 0.6 is 27.7 Å². The quantitative estimate of drug-likeness (QED) is 0.898. The summed E-state index contributed by atoms with van der Waals surface area (Å²) < 4.78 is 14.6. The summed E-state index contributed by atoms with van der Waals surface area (Å²) in [4.78, 5) is 1.66. The van der Waals surface area contributed by atoms with E-state index in [0.717, 1.165) is 16.0 Å². The van der Waals surface area contributed by atoms with Crippen molar-refractivity contribution in [3.05, 3.63) is 57.8 Å². The Bertz CT molecular complexity index is 572. The van der Waals surface area contributed by atoms with Crippen molar-refractivity contribution in [2.24, 2.45) is 5.73 Å². The third-order valence-corrected chi connectivity index (χ3v) is 4.73. The molecule has 0 heterocycles. The topological polar surface area (TPSA) is 26.0 Å². The van der Waals surface area contributed by atoms with E-state index in [-0.39, 0.29) is 5.82 Å². The van der Waals surface area contributed by atoms with Gasteiger partial charge in [-0.3, -0.25) is 0 Å². The van der Waals surface area contributed by atoms with E-state index in [0.29, 0.717) is 15.9 Å². The molecule has 0 saturated carbocycles. The summed E-state index contributed by atoms with van der Waals surface area (Å²) in [7, 11) is 0. The van der Waals surface area contributed by atoms with E-state index in [1.165, 1.54) is 11.8 Å². The Hall–Kier alpha value is -0.840. The summed E-state index contributed by atoms with van der Waals surface area (Å²) in [5, 5.41) is 0. The molecule has 18 heavy (non-hydrogen) atoms. The normalized spacial score (nSPS) is 10.7. The van der Waals surface area contributed by atoms with E-state index in [1.54, 1.807) is 6.07 Å². The SMILES string of the molecule is Cc1ccccc1Sc1ccc(CN)c(Br)c1F. The Balaban J connectivity index is 2.36. The number of benzene rings is 2. The highest BCUT2D eigenvalue weighted by Crippen LogP contribution is 2.35. The van der Waals surface area contributed by atoms with Crippen molar-refractivity contribution in [3.8, 4) is 0 Å². The van der Waals surface area contributed by atoms with Crippen molar-refractivity contribution in [2.45, 2.75) is 23.3 Å². The molecule has 0 amide bonds. The fraction of sp³-hybridized carbons (Fsp3) is 0.143. The first-order valence-electron chi connectivity index (χ1n) is 5.54. The molecule has 0 aliphatic rings. The lowest BCUT2D eigenvalue weighted by molar-refractivity contribution is 0.592. The Labute approximate surface area is 119 Å². The highest BCUT2D eigenvalue weighted by molar-refractivity contribution is 9.10. The van der Waals surface area contributed by atoms with Gasteiger partial charge < -0.3 is 5.73 Å². The number of aryl methyl sites for hydroxylation is 1. The summed E-state index contributed by atoms with van der Waals surface area (Å²) in [6, 6.07) is 11.6. The van der Waals surface area contributed by atoms with Crippen LogP contribution in [0.15, 0.2) is 50.7 Å². The van der Waals surface area contributed by atoms with Crippen molar-refractivity contribution in [1.29, 1.82) is 0 Å². The zero-order valence-corrected chi connectivity index (χ0v) is 12.3. The van der Waals surface area contributed by atoms with Gasteiger partial charge in [0.1, 0.15) is 0 Å². The molecule has 1 nitrogen and oxygen atoms in total. The van der Waals surface area contributed by atoms with Crippen LogP contribution in [-0.4, -0.2) is 0 Å². The number of nitrogens with two attached hydrogens (primary N) is 1. The predicted octanol–water partition coefficient (Wildman–Crippen LogP) is 4.51. The van der Waals surface area contributed by atoms with Crippen LogP contribution in [0.1, 0.15) is 11.1 Å². The summed E-state index contributed by atoms with van der Waals surface area (Å²) in [5.74, 6) is -0.244. The zero-order valence-electron chi connectivity index (χ0n) is 9.91. The summed E-state index contributed by atoms with van der Waals surface area (Å²) in [6.45, 7) is 2.34. The van der Waals surface area contributed by atoms with Crippen LogP contribution < -0.4 is 5.73 Å². The van der Waals surface area contributed by atoms with Gasteiger partial charge in [-0.25, -0.2) is 4.39 Å². The third-order valence-electron chi connectivity index (χ3n) is 2.66. The van der Waals surface area contributed by atoms with E-state index in [9.17, 15) is 4.39 Å². The van der Waals surface area contributed by atoms with Crippen molar-refractivity contribution < 1.29 is 4.39 Å². The van der Waals surface area contributed by atoms with Gasteiger partial charge in [-0.1, -0.05) is 36.0 Å². The largest absolute Gasteiger partial charge is 0.326 e. The summed E-state index contributed by atoms with van der Waals surface area (Å²) in [5.41, 5.74) is 7.46. The Morgan fingerprint density at radius 2 is 1.89 bits per heavy atom. The van der Waals surface area contributed by atoms with Crippen LogP contribution in [0.3, 0.4) is 0 Å². The van der Waals surface area contributed by atoms with Gasteiger partial charge in [0.25, 0.3) is 0 Å². The molecule has 0 aliphatic heterocycles. The lowest BCUT2D eigenvalue weighted by atomic mass is 10.2. The number of hydrogen-bond donors (Lipinski definition) is 1. The lowest BCUT2D eigenvalue weighted by Gasteiger charge is -2.09. The maximum atomic E-state index is 14.1. The fourth-order valence-corrected chi connectivity index (χ4v) is 3.18. The van der Waals surface area contributed by atoms with Crippen LogP contribution in [-0.2, 0) is 6.54 Å². The van der Waals surface area contributed by atoms with Gasteiger partial charge in [-0.15, -0.1) is 0 Å². The molecular weight excluding hydrogens is 313 g/mol. The first-order chi connectivity index (χ1) is 8.63. The molecule has 94 valence electrons. The van der Waals surface area contributed by atoms with Gasteiger partial charge in [0.05, 0.1) is 4.47 Å². The molecule has 0 aliphatic carbocycles. The molecule has 0 unspecified atom stereocenters. The van der Waals surface area contributed by atoms with Gasteiger partial charge in [-0.2, -0.15) is 0 Å². The molecule has 2 rings (SSSR count). The van der Waals surface area contributed by atoms with Gasteiger partial charge in [-0.05, 0) is 46.1 Å². The van der Waals surface area contributed by atoms with Crippen molar-refractivity contribution in [2.75, 3.05) is 0 Å². The molecule has 0 spiro atoms. The fourth-order valence-electron chi connectivity index (χ4n) is 1.60. The molecule has 0 fully saturated rings. The molecule has 0 aromatic heterocycles. The Morgan fingerprint density at radius 1 is 1.17 bits per heavy atom. The van der Waals surface area contributed by atoms with Crippen LogP contribution in [0.2, 0.25) is 0 Å². The molecule has 0 radical (unpaired) electrons. The first kappa shape index (κ1) is 13.6. The molecule has 2 aromatic rings. The van der Waals surface area contributed by atoms with Crippen molar-refractivity contribution >= 4 is 27.7 Å². The second kappa shape index (κ2) is 5.87. The second-order valence-corrected chi connectivity index (χ2v) is 5.80. The van der Waals surface area contributed by atoms with Gasteiger partial charge in [0.2, 0.25) is 0 Å². The molecular formula is C14H13BrFNS. The number of rotatable bonds is 3. The minimum atomic E-state index is -0.244. The maximum absolute atomic E-state index is 14.1. The van der Waals surface area contributed by atoms with Crippen LogP contribution in [0.25, 0.3) is 0 Å². The van der Waals surface area contributed by atoms with E-state index in [1.807, 2.05) is 37.3 Å². The molecule has 4 heteroatoms. The van der Waals surface area contributed by atoms with Gasteiger partial charge >= 0.3 is 0 Å². The van der Waals surface area contributed by atoms with E-state index in [2.05, 4.69) is 15.9 Å². The van der Waals surface area contributed by atoms with E-state index >= 15 is 0 Å².